The number of nitrogens with one attached hydrogen (secondary N) is 1. The Labute approximate surface area is 177 Å². The smallest absolute Gasteiger partial charge is 0.330 e. The number of aromatic amines is 1. The summed E-state index contributed by atoms with van der Waals surface area (Å²) in [4.78, 5) is 41.3. The number of hydrogen-bond donors (Lipinski definition) is 2. The van der Waals surface area contributed by atoms with Crippen LogP contribution in [-0.2, 0) is 17.9 Å². The van der Waals surface area contributed by atoms with E-state index < -0.39 is 23.0 Å². The van der Waals surface area contributed by atoms with Crippen LogP contribution in [0.5, 0.6) is 0 Å². The molecular weight excluding hydrogens is 403 g/mol. The maximum atomic E-state index is 13.1. The molecular formula is C22H23FN4O4. The summed E-state index contributed by atoms with van der Waals surface area (Å²) in [5, 5.41) is 0. The number of hydrogen-bond acceptors (Lipinski definition) is 5. The zero-order valence-electron chi connectivity index (χ0n) is 17.0. The van der Waals surface area contributed by atoms with Crippen LogP contribution in [0.2, 0.25) is 0 Å². The van der Waals surface area contributed by atoms with E-state index in [4.69, 9.17) is 10.2 Å². The minimum absolute atomic E-state index is 0.0706. The minimum atomic E-state index is -0.773. The van der Waals surface area contributed by atoms with Crippen LogP contribution in [0.4, 0.5) is 15.9 Å². The molecule has 0 bridgehead atoms. The van der Waals surface area contributed by atoms with E-state index in [1.165, 1.54) is 47.2 Å². The molecule has 0 saturated carbocycles. The Hall–Kier alpha value is -3.88. The van der Waals surface area contributed by atoms with Gasteiger partial charge in [0.2, 0.25) is 0 Å². The molecule has 0 atom stereocenters. The standard InChI is InChI=1S/C22H23FN4O4/c1-2-3-12-26-20(24)19(21(29)25-22(26)30)27(14-17-5-4-13-31-17)18(28)11-8-15-6-9-16(23)10-7-15/h4-11,13H,2-3,12,14,24H2,1H3,(H,25,29,30)/b11-8+. The number of carbonyl (C=O) groups is 1. The van der Waals surface area contributed by atoms with Gasteiger partial charge in [0.25, 0.3) is 11.5 Å². The van der Waals surface area contributed by atoms with Crippen molar-refractivity contribution in [2.45, 2.75) is 32.9 Å². The fourth-order valence-electron chi connectivity index (χ4n) is 3.03. The second-order valence-corrected chi connectivity index (χ2v) is 6.89. The van der Waals surface area contributed by atoms with Gasteiger partial charge in [0, 0.05) is 12.6 Å². The van der Waals surface area contributed by atoms with Crippen molar-refractivity contribution < 1.29 is 13.6 Å². The average Bonchev–Trinajstić information content (AvgIpc) is 3.25. The zero-order chi connectivity index (χ0) is 22.4. The van der Waals surface area contributed by atoms with E-state index in [-0.39, 0.29) is 18.1 Å². The predicted molar refractivity (Wildman–Crippen MR) is 116 cm³/mol. The van der Waals surface area contributed by atoms with Gasteiger partial charge < -0.3 is 10.2 Å². The molecule has 0 saturated heterocycles. The molecule has 0 unspecified atom stereocenters. The number of halogens is 1. The van der Waals surface area contributed by atoms with Crippen molar-refractivity contribution in [3.8, 4) is 0 Å². The highest BCUT2D eigenvalue weighted by Crippen LogP contribution is 2.21. The molecule has 2 heterocycles. The molecule has 3 rings (SSSR count). The van der Waals surface area contributed by atoms with Crippen molar-refractivity contribution in [1.82, 2.24) is 9.55 Å². The number of furan rings is 1. The molecule has 0 fully saturated rings. The van der Waals surface area contributed by atoms with Gasteiger partial charge in [-0.25, -0.2) is 9.18 Å². The number of nitrogens with two attached hydrogens (primary N) is 1. The van der Waals surface area contributed by atoms with E-state index in [1.807, 2.05) is 6.92 Å². The summed E-state index contributed by atoms with van der Waals surface area (Å²) in [6.07, 6.45) is 5.68. The summed E-state index contributed by atoms with van der Waals surface area (Å²) < 4.78 is 19.7. The van der Waals surface area contributed by atoms with E-state index in [9.17, 15) is 18.8 Å². The van der Waals surface area contributed by atoms with Crippen molar-refractivity contribution >= 4 is 23.5 Å². The molecule has 1 amide bonds. The summed E-state index contributed by atoms with van der Waals surface area (Å²) in [6, 6.07) is 8.89. The first kappa shape index (κ1) is 21.8. The number of nitrogen functional groups attached to an aromatic ring is 1. The molecule has 8 nitrogen and oxygen atoms in total. The van der Waals surface area contributed by atoms with E-state index in [0.29, 0.717) is 24.3 Å². The molecule has 31 heavy (non-hydrogen) atoms. The summed E-state index contributed by atoms with van der Waals surface area (Å²) in [5.41, 5.74) is 5.23. The Morgan fingerprint density at radius 3 is 2.65 bits per heavy atom. The van der Waals surface area contributed by atoms with Gasteiger partial charge in [-0.1, -0.05) is 25.5 Å². The van der Waals surface area contributed by atoms with Crippen molar-refractivity contribution in [2.24, 2.45) is 0 Å². The SMILES string of the molecule is CCCCn1c(N)c(N(Cc2ccco2)C(=O)/C=C/c2ccc(F)cc2)c(=O)[nH]c1=O. The lowest BCUT2D eigenvalue weighted by Crippen LogP contribution is -2.40. The third-order valence-electron chi connectivity index (χ3n) is 4.67. The number of amides is 1. The first-order chi connectivity index (χ1) is 14.9. The van der Waals surface area contributed by atoms with Crippen LogP contribution >= 0.6 is 0 Å². The minimum Gasteiger partial charge on any atom is -0.467 e. The Bertz CT molecular complexity index is 1180. The van der Waals surface area contributed by atoms with Crippen molar-refractivity contribution in [3.05, 3.63) is 86.7 Å². The monoisotopic (exact) mass is 426 g/mol. The lowest BCUT2D eigenvalue weighted by molar-refractivity contribution is -0.114. The summed E-state index contributed by atoms with van der Waals surface area (Å²) in [5.74, 6) is -0.624. The van der Waals surface area contributed by atoms with Gasteiger partial charge in [0.1, 0.15) is 17.4 Å². The maximum absolute atomic E-state index is 13.1. The van der Waals surface area contributed by atoms with Crippen LogP contribution in [-0.4, -0.2) is 15.5 Å². The van der Waals surface area contributed by atoms with Gasteiger partial charge in [-0.15, -0.1) is 0 Å². The number of H-pyrrole nitrogens is 1. The van der Waals surface area contributed by atoms with Gasteiger partial charge >= 0.3 is 5.69 Å². The topological polar surface area (TPSA) is 114 Å². The highest BCUT2D eigenvalue weighted by Gasteiger charge is 2.24. The summed E-state index contributed by atoms with van der Waals surface area (Å²) in [7, 11) is 0. The summed E-state index contributed by atoms with van der Waals surface area (Å²) in [6.45, 7) is 2.19. The van der Waals surface area contributed by atoms with Crippen molar-refractivity contribution in [3.63, 3.8) is 0 Å². The number of aromatic nitrogens is 2. The van der Waals surface area contributed by atoms with Gasteiger partial charge in [-0.2, -0.15) is 0 Å². The highest BCUT2D eigenvalue weighted by atomic mass is 19.1. The molecule has 0 aliphatic carbocycles. The van der Waals surface area contributed by atoms with Gasteiger partial charge in [0.15, 0.2) is 5.69 Å². The van der Waals surface area contributed by atoms with Crippen molar-refractivity contribution in [1.29, 1.82) is 0 Å². The van der Waals surface area contributed by atoms with E-state index in [0.717, 1.165) is 11.3 Å². The third kappa shape index (κ3) is 5.19. The summed E-state index contributed by atoms with van der Waals surface area (Å²) >= 11 is 0. The molecule has 1 aromatic carbocycles. The molecule has 3 N–H and O–H groups in total. The number of carbonyl (C=O) groups excluding carboxylic acids is 1. The Morgan fingerprint density at radius 2 is 2.00 bits per heavy atom. The first-order valence-electron chi connectivity index (χ1n) is 9.80. The van der Waals surface area contributed by atoms with Crippen LogP contribution in [0.3, 0.4) is 0 Å². The Kier molecular flexibility index (Phi) is 6.86. The van der Waals surface area contributed by atoms with Crippen LogP contribution in [0.15, 0.2) is 62.7 Å². The number of anilines is 2. The van der Waals surface area contributed by atoms with Gasteiger partial charge in [-0.3, -0.25) is 24.0 Å². The highest BCUT2D eigenvalue weighted by molar-refractivity contribution is 6.04. The van der Waals surface area contributed by atoms with E-state index in [1.54, 1.807) is 12.1 Å². The van der Waals surface area contributed by atoms with E-state index in [2.05, 4.69) is 4.98 Å². The van der Waals surface area contributed by atoms with E-state index >= 15 is 0 Å². The number of rotatable bonds is 8. The predicted octanol–water partition coefficient (Wildman–Crippen LogP) is 2.90. The normalized spacial score (nSPS) is 11.2. The third-order valence-corrected chi connectivity index (χ3v) is 4.67. The van der Waals surface area contributed by atoms with Gasteiger partial charge in [-0.05, 0) is 42.3 Å². The molecule has 9 heteroatoms. The number of nitrogens with zero attached hydrogens (tertiary/aromatic N) is 2. The largest absolute Gasteiger partial charge is 0.467 e. The molecule has 0 radical (unpaired) electrons. The van der Waals surface area contributed by atoms with Crippen LogP contribution in [0.25, 0.3) is 6.08 Å². The molecule has 162 valence electrons. The second-order valence-electron chi connectivity index (χ2n) is 6.89. The quantitative estimate of drug-likeness (QED) is 0.538. The van der Waals surface area contributed by atoms with Crippen molar-refractivity contribution in [2.75, 3.05) is 10.6 Å². The second kappa shape index (κ2) is 9.75. The zero-order valence-corrected chi connectivity index (χ0v) is 17.0. The molecule has 0 spiro atoms. The Morgan fingerprint density at radius 1 is 1.26 bits per heavy atom. The molecule has 3 aromatic rings. The number of unbranched alkanes of at least 4 members (excludes halogenated alkanes) is 1. The fraction of sp³-hybridized carbons (Fsp3) is 0.227. The van der Waals surface area contributed by atoms with Crippen LogP contribution in [0, 0.1) is 5.82 Å². The van der Waals surface area contributed by atoms with Gasteiger partial charge in [0.05, 0.1) is 12.8 Å². The average molecular weight is 426 g/mol. The van der Waals surface area contributed by atoms with Crippen LogP contribution in [0.1, 0.15) is 31.1 Å². The first-order valence-corrected chi connectivity index (χ1v) is 9.80. The lowest BCUT2D eigenvalue weighted by Gasteiger charge is -2.22. The maximum Gasteiger partial charge on any atom is 0.330 e. The number of benzene rings is 1. The molecule has 0 aliphatic rings. The fourth-order valence-corrected chi connectivity index (χ4v) is 3.03. The van der Waals surface area contributed by atoms with Crippen LogP contribution < -0.4 is 21.9 Å². The lowest BCUT2D eigenvalue weighted by atomic mass is 10.2. The Balaban J connectivity index is 2.03. The molecule has 2 aromatic heterocycles. The molecule has 0 aliphatic heterocycles.